The van der Waals surface area contributed by atoms with Gasteiger partial charge in [-0.2, -0.15) is 36.3 Å². The summed E-state index contributed by atoms with van der Waals surface area (Å²) in [5.74, 6) is -2.23. The number of aliphatic hydroxyl groups is 4. The van der Waals surface area contributed by atoms with E-state index >= 15 is 0 Å². The van der Waals surface area contributed by atoms with Gasteiger partial charge in [-0.1, -0.05) is 25.1 Å². The van der Waals surface area contributed by atoms with Gasteiger partial charge in [-0.25, -0.2) is 34.5 Å². The number of alkyl halides is 6. The summed E-state index contributed by atoms with van der Waals surface area (Å²) in [6.07, 6.45) is -4.77. The molecule has 2 saturated heterocycles. The third kappa shape index (κ3) is 12.9. The summed E-state index contributed by atoms with van der Waals surface area (Å²) in [7, 11) is 0. The minimum absolute atomic E-state index is 0.0639. The van der Waals surface area contributed by atoms with E-state index in [1.54, 1.807) is 6.07 Å². The zero-order chi connectivity index (χ0) is 53.6. The molecule has 0 saturated carbocycles. The van der Waals surface area contributed by atoms with E-state index in [1.165, 1.54) is 58.7 Å². The van der Waals surface area contributed by atoms with E-state index in [0.29, 0.717) is 43.9 Å². The summed E-state index contributed by atoms with van der Waals surface area (Å²) in [4.78, 5) is 75.7. The maximum atomic E-state index is 13.5. The van der Waals surface area contributed by atoms with Crippen LogP contribution in [0.2, 0.25) is 0 Å². The molecule has 22 nitrogen and oxygen atoms in total. The number of aliphatic hydroxyl groups excluding tert-OH is 4. The molecule has 0 spiro atoms. The van der Waals surface area contributed by atoms with Crippen LogP contribution in [0.15, 0.2) is 67.1 Å². The molecule has 400 valence electrons. The minimum atomic E-state index is -4.53. The van der Waals surface area contributed by atoms with Crippen molar-refractivity contribution in [3.8, 4) is 23.3 Å². The van der Waals surface area contributed by atoms with Gasteiger partial charge >= 0.3 is 30.4 Å². The predicted molar refractivity (Wildman–Crippen MR) is 256 cm³/mol. The first-order chi connectivity index (χ1) is 35.8. The van der Waals surface area contributed by atoms with Crippen LogP contribution in [-0.4, -0.2) is 156 Å². The van der Waals surface area contributed by atoms with Crippen molar-refractivity contribution in [1.29, 1.82) is 0 Å². The maximum Gasteiger partial charge on any atom is 0.416 e. The Labute approximate surface area is 423 Å². The molecule has 5 atom stereocenters. The van der Waals surface area contributed by atoms with Gasteiger partial charge in [0, 0.05) is 50.4 Å². The molecule has 28 heteroatoms. The minimum Gasteiger partial charge on any atom is -0.475 e. The highest BCUT2D eigenvalue weighted by Gasteiger charge is 2.42. The zero-order valence-electron chi connectivity index (χ0n) is 39.9. The fraction of sp³-hybridized carbons (Fsp3) is 0.447. The summed E-state index contributed by atoms with van der Waals surface area (Å²) in [6, 6.07) is 9.07. The van der Waals surface area contributed by atoms with E-state index in [0.717, 1.165) is 38.4 Å². The van der Waals surface area contributed by atoms with Crippen molar-refractivity contribution in [1.82, 2.24) is 34.9 Å². The SMILES string of the molecule is C[C@@H](CC(=O)c1ncc2c(n1)N(C(=O)Nc1cccc(OC[C@H](O)CO)n1)[C@H]1CCCN2C1)C(F)(F)F.O=C(Nc1ccnc(OC[C@@H](O)CO)n1)N1c2nc(-c3cccc(C(F)(F)F)c3)ncc2N2CCC[C@H]1C2. The fourth-order valence-electron chi connectivity index (χ4n) is 8.61. The van der Waals surface area contributed by atoms with Crippen molar-refractivity contribution < 1.29 is 70.6 Å². The van der Waals surface area contributed by atoms with Crippen molar-refractivity contribution in [3.63, 3.8) is 0 Å². The number of hydrogen-bond donors (Lipinski definition) is 6. The number of carbonyl (C=O) groups excluding carboxylic acids is 3. The summed E-state index contributed by atoms with van der Waals surface area (Å²) in [5, 5.41) is 42.1. The third-order valence-electron chi connectivity index (χ3n) is 12.4. The smallest absolute Gasteiger partial charge is 0.416 e. The number of benzene rings is 1. The highest BCUT2D eigenvalue weighted by molar-refractivity contribution is 6.05. The van der Waals surface area contributed by atoms with Crippen LogP contribution in [0, 0.1) is 5.92 Å². The lowest BCUT2D eigenvalue weighted by molar-refractivity contribution is -0.168. The lowest BCUT2D eigenvalue weighted by atomic mass is 10.00. The highest BCUT2D eigenvalue weighted by atomic mass is 19.4. The van der Waals surface area contributed by atoms with Crippen LogP contribution in [0.1, 0.15) is 55.2 Å². The van der Waals surface area contributed by atoms with E-state index in [1.807, 2.05) is 4.90 Å². The topological polar surface area (TPSA) is 278 Å². The molecule has 5 aromatic rings. The number of rotatable bonds is 14. The summed E-state index contributed by atoms with van der Waals surface area (Å²) in [6.45, 7) is 2.03. The van der Waals surface area contributed by atoms with Crippen molar-refractivity contribution in [2.45, 2.75) is 75.7 Å². The average Bonchev–Trinajstić information content (AvgIpc) is 3.39. The van der Waals surface area contributed by atoms with Crippen molar-refractivity contribution in [2.75, 3.05) is 82.8 Å². The Hall–Kier alpha value is -7.56. The van der Waals surface area contributed by atoms with Gasteiger partial charge in [-0.3, -0.25) is 25.2 Å². The first kappa shape index (κ1) is 53.7. The van der Waals surface area contributed by atoms with Crippen LogP contribution >= 0.6 is 0 Å². The Balaban J connectivity index is 0.000000199. The van der Waals surface area contributed by atoms with Crippen LogP contribution in [0.5, 0.6) is 11.9 Å². The van der Waals surface area contributed by atoms with E-state index < -0.39 is 73.5 Å². The maximum absolute atomic E-state index is 13.5. The second-order valence-electron chi connectivity index (χ2n) is 17.9. The number of aromatic nitrogens is 7. The molecule has 6 N–H and O–H groups in total. The molecule has 4 aromatic heterocycles. The number of anilines is 6. The molecular weight excluding hydrogens is 1000 g/mol. The van der Waals surface area contributed by atoms with Gasteiger partial charge in [0.05, 0.1) is 60.5 Å². The van der Waals surface area contributed by atoms with Crippen molar-refractivity contribution >= 4 is 52.5 Å². The van der Waals surface area contributed by atoms with Crippen molar-refractivity contribution in [2.24, 2.45) is 5.92 Å². The largest absolute Gasteiger partial charge is 0.475 e. The standard InChI is InChI=1S/C24H24F3N7O4.C23H27F3N6O5/c25-24(26,27)15-4-1-3-14(9-15)20-29-10-18-21(32-20)34(16-5-2-8-33(18)11-16)23(37)31-19-6-7-28-22(30-19)38-13-17(36)12-35;1-13(23(24,25)26)8-17(35)20-27-9-16-21(30-20)32(14-4-3-7-31(16)10-14)22(36)29-18-5-2-6-19(28-18)37-12-15(34)11-33/h1,3-4,6-7,9-10,16-17,35-36H,2,5,8,11-13H2,(H,28,30,31,37);2,5-6,9,13-15,33-34H,3-4,7-8,10-12H2,1H3,(H,28,29,36)/t16-,17-;13-,14-,15+/m00/s1. The Morgan fingerprint density at radius 3 is 1.93 bits per heavy atom. The molecule has 0 radical (unpaired) electrons. The number of ether oxygens (including phenoxy) is 2. The number of piperidine rings is 2. The number of urea groups is 2. The van der Waals surface area contributed by atoms with Gasteiger partial charge in [-0.05, 0) is 49.9 Å². The van der Waals surface area contributed by atoms with Crippen LogP contribution in [0.4, 0.5) is 70.6 Å². The second kappa shape index (κ2) is 22.9. The summed E-state index contributed by atoms with van der Waals surface area (Å²) >= 11 is 0. The van der Waals surface area contributed by atoms with Gasteiger partial charge in [0.1, 0.15) is 37.1 Å². The molecule has 4 bridgehead atoms. The molecule has 0 aliphatic carbocycles. The number of pyridine rings is 1. The zero-order valence-corrected chi connectivity index (χ0v) is 39.9. The number of amides is 4. The molecule has 8 heterocycles. The van der Waals surface area contributed by atoms with E-state index in [4.69, 9.17) is 19.7 Å². The lowest BCUT2D eigenvalue weighted by Crippen LogP contribution is -2.56. The number of ketones is 1. The molecule has 75 heavy (non-hydrogen) atoms. The molecular formula is C47H51F6N13O9. The molecule has 4 aliphatic rings. The molecule has 1 aromatic carbocycles. The number of nitrogens with one attached hydrogen (secondary N) is 2. The Morgan fingerprint density at radius 1 is 0.733 bits per heavy atom. The Morgan fingerprint density at radius 2 is 1.32 bits per heavy atom. The number of carbonyl (C=O) groups is 3. The Kier molecular flexibility index (Phi) is 16.4. The fourth-order valence-corrected chi connectivity index (χ4v) is 8.61. The number of nitrogens with zero attached hydrogens (tertiary/aromatic N) is 11. The molecule has 2 fully saturated rings. The summed E-state index contributed by atoms with van der Waals surface area (Å²) < 4.78 is 89.3. The number of halogens is 6. The van der Waals surface area contributed by atoms with Crippen LogP contribution in [0.25, 0.3) is 11.4 Å². The van der Waals surface area contributed by atoms with E-state index in [2.05, 4.69) is 50.4 Å². The molecule has 0 unspecified atom stereocenters. The van der Waals surface area contributed by atoms with Gasteiger partial charge in [-0.15, -0.1) is 0 Å². The highest BCUT2D eigenvalue weighted by Crippen LogP contribution is 2.41. The average molecular weight is 1060 g/mol. The Bertz CT molecular complexity index is 2850. The molecule has 9 rings (SSSR count). The summed E-state index contributed by atoms with van der Waals surface area (Å²) in [5.41, 5.74) is 0.474. The van der Waals surface area contributed by atoms with Crippen molar-refractivity contribution in [3.05, 3.63) is 78.5 Å². The molecule has 4 aliphatic heterocycles. The van der Waals surface area contributed by atoms with E-state index in [-0.39, 0.29) is 77.7 Å². The van der Waals surface area contributed by atoms with Crippen LogP contribution in [-0.2, 0) is 6.18 Å². The first-order valence-corrected chi connectivity index (χ1v) is 23.6. The predicted octanol–water partition coefficient (Wildman–Crippen LogP) is 5.10. The molecule has 4 amide bonds. The normalized spacial score (nSPS) is 18.1. The number of hydrogen-bond acceptors (Lipinski definition) is 18. The lowest BCUT2D eigenvalue weighted by Gasteiger charge is -2.45. The van der Waals surface area contributed by atoms with Crippen LogP contribution < -0.4 is 39.7 Å². The van der Waals surface area contributed by atoms with Crippen LogP contribution in [0.3, 0.4) is 0 Å². The van der Waals surface area contributed by atoms with Gasteiger partial charge in [0.25, 0.3) is 0 Å². The van der Waals surface area contributed by atoms with E-state index in [9.17, 15) is 50.9 Å². The van der Waals surface area contributed by atoms with Gasteiger partial charge in [0.2, 0.25) is 11.7 Å². The second-order valence-corrected chi connectivity index (χ2v) is 17.9. The monoisotopic (exact) mass is 1060 g/mol. The van der Waals surface area contributed by atoms with Gasteiger partial charge < -0.3 is 39.7 Å². The quantitative estimate of drug-likeness (QED) is 0.0623. The number of Topliss-reactive ketones (excluding diaryl/α,β-unsaturated/α-hetero) is 1. The van der Waals surface area contributed by atoms with Gasteiger partial charge in [0.15, 0.2) is 23.3 Å². The first-order valence-electron chi connectivity index (χ1n) is 23.6. The third-order valence-corrected chi connectivity index (χ3v) is 12.4. The number of fused-ring (bicyclic) bond motifs is 8.